The molecule has 0 bridgehead atoms. The average molecular weight is 248 g/mol. The monoisotopic (exact) mass is 248 g/mol. The van der Waals surface area contributed by atoms with Gasteiger partial charge in [-0.15, -0.1) is 0 Å². The number of nitrogens with two attached hydrogens (primary N) is 1. The van der Waals surface area contributed by atoms with E-state index in [2.05, 4.69) is 17.3 Å². The Balaban J connectivity index is 0.000000239. The van der Waals surface area contributed by atoms with Crippen molar-refractivity contribution < 1.29 is 13.2 Å². The number of rotatable bonds is 0. The lowest BCUT2D eigenvalue weighted by Crippen LogP contribution is -1.97. The molecule has 2 aromatic carbocycles. The highest BCUT2D eigenvalue weighted by Gasteiger charge is 2.03. The van der Waals surface area contributed by atoms with Crippen LogP contribution in [0.15, 0.2) is 52.9 Å². The first-order valence-electron chi connectivity index (χ1n) is 4.88. The fraction of sp³-hybridized carbons (Fsp3) is 0. The van der Waals surface area contributed by atoms with Gasteiger partial charge in [-0.3, -0.25) is 9.35 Å². The quantitative estimate of drug-likeness (QED) is 0.620. The van der Waals surface area contributed by atoms with Crippen LogP contribution in [0.4, 0.5) is 0 Å². The van der Waals surface area contributed by atoms with E-state index in [0.29, 0.717) is 0 Å². The van der Waals surface area contributed by atoms with Gasteiger partial charge in [-0.05, 0) is 12.1 Å². The molecular weight excluding hydrogens is 238 g/mol. The lowest BCUT2D eigenvalue weighted by atomic mass is 10.2. The van der Waals surface area contributed by atoms with E-state index < -0.39 is 11.3 Å². The topological polar surface area (TPSA) is 79.3 Å². The summed E-state index contributed by atoms with van der Waals surface area (Å²) in [4.78, 5) is 0. The summed E-state index contributed by atoms with van der Waals surface area (Å²) in [6.45, 7) is 0. The van der Waals surface area contributed by atoms with Crippen LogP contribution in [-0.4, -0.2) is 8.76 Å². The second kappa shape index (κ2) is 5.09. The first kappa shape index (κ1) is 11.8. The third kappa shape index (κ3) is 2.71. The Morgan fingerprint density at radius 1 is 0.941 bits per heavy atom. The predicted octanol–water partition coefficient (Wildman–Crippen LogP) is 2.33. The molecule has 0 fully saturated rings. The molecule has 4 nitrogen and oxygen atoms in total. The Hall–Kier alpha value is -1.69. The average Bonchev–Trinajstić information content (AvgIpc) is 2.66. The minimum Gasteiger partial charge on any atom is -0.760 e. The lowest BCUT2D eigenvalue weighted by molar-refractivity contribution is 0.539. The van der Waals surface area contributed by atoms with Crippen LogP contribution in [0.25, 0.3) is 21.9 Å². The number of hydrogen-bond donors (Lipinski definition) is 1. The van der Waals surface area contributed by atoms with Crippen LogP contribution in [0.1, 0.15) is 0 Å². The molecule has 3 rings (SSSR count). The molecule has 0 aliphatic rings. The first-order valence-corrected chi connectivity index (χ1v) is 6.02. The summed E-state index contributed by atoms with van der Waals surface area (Å²) in [5.74, 6) is 0. The highest BCUT2D eigenvalue weighted by Crippen LogP contribution is 2.27. The van der Waals surface area contributed by atoms with Crippen LogP contribution in [0.2, 0.25) is 0 Å². The standard InChI is InChI=1S/C12H8O.H3NO2S/c1-3-7-11-9(5-1)10-6-2-4-8-12(10)13-11;1-4(2)3/h1-8H;1H2,(H,2,3)/p-1. The minimum atomic E-state index is -2.36. The van der Waals surface area contributed by atoms with Gasteiger partial charge in [0.25, 0.3) is 0 Å². The third-order valence-corrected chi connectivity index (χ3v) is 2.28. The summed E-state index contributed by atoms with van der Waals surface area (Å²) in [5.41, 5.74) is 1.92. The van der Waals surface area contributed by atoms with Gasteiger partial charge < -0.3 is 8.97 Å². The molecular formula is C12H10NO3S-. The molecule has 1 atom stereocenters. The van der Waals surface area contributed by atoms with Crippen molar-refractivity contribution in [2.75, 3.05) is 0 Å². The molecule has 0 spiro atoms. The predicted molar refractivity (Wildman–Crippen MR) is 66.8 cm³/mol. The molecule has 17 heavy (non-hydrogen) atoms. The Morgan fingerprint density at radius 3 is 1.71 bits per heavy atom. The van der Waals surface area contributed by atoms with Crippen LogP contribution >= 0.6 is 0 Å². The van der Waals surface area contributed by atoms with Crippen molar-refractivity contribution in [1.29, 1.82) is 0 Å². The van der Waals surface area contributed by atoms with E-state index in [1.165, 1.54) is 10.8 Å². The number of furan rings is 1. The second-order valence-corrected chi connectivity index (χ2v) is 3.88. The molecule has 0 aliphatic heterocycles. The Morgan fingerprint density at radius 2 is 1.29 bits per heavy atom. The molecule has 2 N–H and O–H groups in total. The minimum absolute atomic E-state index is 0.962. The molecule has 0 aliphatic carbocycles. The van der Waals surface area contributed by atoms with E-state index in [9.17, 15) is 0 Å². The summed E-state index contributed by atoms with van der Waals surface area (Å²) in [5, 5.41) is 6.41. The van der Waals surface area contributed by atoms with E-state index >= 15 is 0 Å². The van der Waals surface area contributed by atoms with Crippen molar-refractivity contribution in [2.45, 2.75) is 0 Å². The van der Waals surface area contributed by atoms with Gasteiger partial charge in [-0.25, -0.2) is 0 Å². The van der Waals surface area contributed by atoms with Gasteiger partial charge in [0.2, 0.25) is 0 Å². The molecule has 1 heterocycles. The number of fused-ring (bicyclic) bond motifs is 3. The molecule has 1 unspecified atom stereocenters. The molecule has 0 amide bonds. The number of benzene rings is 2. The molecule has 5 heteroatoms. The SMILES string of the molecule is NS(=O)[O-].c1ccc2c(c1)oc1ccccc12. The van der Waals surface area contributed by atoms with Crippen LogP contribution in [0.3, 0.4) is 0 Å². The molecule has 0 radical (unpaired) electrons. The van der Waals surface area contributed by atoms with Crippen molar-refractivity contribution in [2.24, 2.45) is 5.14 Å². The van der Waals surface area contributed by atoms with Crippen LogP contribution < -0.4 is 5.14 Å². The van der Waals surface area contributed by atoms with Gasteiger partial charge in [0.15, 0.2) is 0 Å². The summed E-state index contributed by atoms with van der Waals surface area (Å²) < 4.78 is 23.2. The summed E-state index contributed by atoms with van der Waals surface area (Å²) in [6.07, 6.45) is 0. The van der Waals surface area contributed by atoms with E-state index in [0.717, 1.165) is 11.2 Å². The molecule has 88 valence electrons. The van der Waals surface area contributed by atoms with Crippen molar-refractivity contribution in [1.82, 2.24) is 0 Å². The fourth-order valence-corrected chi connectivity index (χ4v) is 1.67. The molecule has 0 saturated carbocycles. The second-order valence-electron chi connectivity index (χ2n) is 3.35. The van der Waals surface area contributed by atoms with Crippen molar-refractivity contribution in [3.05, 3.63) is 48.5 Å². The van der Waals surface area contributed by atoms with Gasteiger partial charge >= 0.3 is 0 Å². The maximum atomic E-state index is 8.78. The largest absolute Gasteiger partial charge is 0.760 e. The zero-order valence-electron chi connectivity index (χ0n) is 8.83. The maximum absolute atomic E-state index is 8.78. The summed E-state index contributed by atoms with van der Waals surface area (Å²) in [7, 11) is 0. The summed E-state index contributed by atoms with van der Waals surface area (Å²) in [6, 6.07) is 16.2. The molecule has 3 aromatic rings. The van der Waals surface area contributed by atoms with Gasteiger partial charge in [-0.1, -0.05) is 36.4 Å². The van der Waals surface area contributed by atoms with Crippen LogP contribution in [-0.2, 0) is 11.3 Å². The third-order valence-electron chi connectivity index (χ3n) is 2.28. The number of para-hydroxylation sites is 2. The molecule has 0 saturated heterocycles. The summed E-state index contributed by atoms with van der Waals surface area (Å²) >= 11 is -2.36. The Labute approximate surface area is 100 Å². The number of hydrogen-bond acceptors (Lipinski definition) is 3. The van der Waals surface area contributed by atoms with Crippen LogP contribution in [0.5, 0.6) is 0 Å². The van der Waals surface area contributed by atoms with Gasteiger partial charge in [0, 0.05) is 22.0 Å². The van der Waals surface area contributed by atoms with Crippen molar-refractivity contribution in [3.63, 3.8) is 0 Å². The van der Waals surface area contributed by atoms with Gasteiger partial charge in [0.1, 0.15) is 11.2 Å². The zero-order chi connectivity index (χ0) is 12.3. The van der Waals surface area contributed by atoms with E-state index in [1.807, 2.05) is 36.4 Å². The maximum Gasteiger partial charge on any atom is 0.135 e. The van der Waals surface area contributed by atoms with E-state index in [4.69, 9.17) is 13.2 Å². The molecule has 1 aromatic heterocycles. The normalized spacial score (nSPS) is 12.1. The first-order chi connectivity index (χ1) is 8.18. The van der Waals surface area contributed by atoms with Crippen molar-refractivity contribution in [3.8, 4) is 0 Å². The smallest absolute Gasteiger partial charge is 0.135 e. The van der Waals surface area contributed by atoms with Gasteiger partial charge in [0.05, 0.1) is 0 Å². The highest BCUT2D eigenvalue weighted by molar-refractivity contribution is 7.76. The fourth-order valence-electron chi connectivity index (χ4n) is 1.67. The highest BCUT2D eigenvalue weighted by atomic mass is 32.2. The van der Waals surface area contributed by atoms with Crippen LogP contribution in [0, 0.1) is 0 Å². The Kier molecular flexibility index (Phi) is 3.53. The zero-order valence-corrected chi connectivity index (χ0v) is 9.65. The van der Waals surface area contributed by atoms with Gasteiger partial charge in [-0.2, -0.15) is 0 Å². The van der Waals surface area contributed by atoms with E-state index in [-0.39, 0.29) is 0 Å². The Bertz CT molecular complexity index is 608. The van der Waals surface area contributed by atoms with E-state index in [1.54, 1.807) is 0 Å². The lowest BCUT2D eigenvalue weighted by Gasteiger charge is -1.85. The van der Waals surface area contributed by atoms with Crippen molar-refractivity contribution >= 4 is 33.2 Å².